The molecule has 0 aliphatic heterocycles. The predicted octanol–water partition coefficient (Wildman–Crippen LogP) is 3.32. The number of halogens is 1. The topological polar surface area (TPSA) is 29.3 Å². The highest BCUT2D eigenvalue weighted by Crippen LogP contribution is 2.20. The van der Waals surface area contributed by atoms with E-state index in [1.807, 2.05) is 24.3 Å². The van der Waals surface area contributed by atoms with Gasteiger partial charge in [0.25, 0.3) is 0 Å². The number of benzene rings is 1. The molecule has 0 aliphatic carbocycles. The second kappa shape index (κ2) is 6.56. The maximum atomic E-state index is 5.99. The minimum atomic E-state index is 0.632. The summed E-state index contributed by atoms with van der Waals surface area (Å²) in [5.41, 5.74) is 7.50. The van der Waals surface area contributed by atoms with Gasteiger partial charge >= 0.3 is 0 Å². The van der Waals surface area contributed by atoms with Crippen LogP contribution >= 0.6 is 11.6 Å². The molecule has 0 fully saturated rings. The summed E-state index contributed by atoms with van der Waals surface area (Å²) in [5.74, 6) is 0. The highest BCUT2D eigenvalue weighted by molar-refractivity contribution is 6.33. The zero-order valence-corrected chi connectivity index (χ0v) is 10.5. The molecule has 0 unspecified atom stereocenters. The van der Waals surface area contributed by atoms with Crippen molar-refractivity contribution in [2.24, 2.45) is 0 Å². The molecule has 0 radical (unpaired) electrons. The van der Waals surface area contributed by atoms with Crippen LogP contribution in [0.4, 0.5) is 5.69 Å². The first-order valence-electron chi connectivity index (χ1n) is 5.54. The van der Waals surface area contributed by atoms with Crippen molar-refractivity contribution < 1.29 is 0 Å². The van der Waals surface area contributed by atoms with Crippen molar-refractivity contribution in [2.75, 3.05) is 18.8 Å². The fourth-order valence-corrected chi connectivity index (χ4v) is 1.86. The number of nitrogens with two attached hydrogens (primary N) is 1. The molecule has 0 heterocycles. The number of hydrogen-bond acceptors (Lipinski definition) is 2. The van der Waals surface area contributed by atoms with Crippen molar-refractivity contribution in [2.45, 2.75) is 19.9 Å². The van der Waals surface area contributed by atoms with Crippen LogP contribution in [0.1, 0.15) is 18.9 Å². The second-order valence-electron chi connectivity index (χ2n) is 3.88. The molecule has 3 heteroatoms. The van der Waals surface area contributed by atoms with Crippen LogP contribution < -0.4 is 5.73 Å². The van der Waals surface area contributed by atoms with Gasteiger partial charge in [-0.3, -0.25) is 4.90 Å². The molecule has 1 aromatic rings. The third kappa shape index (κ3) is 3.87. The summed E-state index contributed by atoms with van der Waals surface area (Å²) in [4.78, 5) is 2.33. The summed E-state index contributed by atoms with van der Waals surface area (Å²) in [6.07, 6.45) is 3.06. The van der Waals surface area contributed by atoms with Crippen LogP contribution in [0.3, 0.4) is 0 Å². The van der Waals surface area contributed by atoms with E-state index in [9.17, 15) is 0 Å². The summed E-state index contributed by atoms with van der Waals surface area (Å²) in [6.45, 7) is 8.79. The minimum absolute atomic E-state index is 0.632. The van der Waals surface area contributed by atoms with Gasteiger partial charge in [0, 0.05) is 13.1 Å². The van der Waals surface area contributed by atoms with Gasteiger partial charge in [-0.15, -0.1) is 6.58 Å². The van der Waals surface area contributed by atoms with Gasteiger partial charge < -0.3 is 5.73 Å². The van der Waals surface area contributed by atoms with Gasteiger partial charge in [0.2, 0.25) is 0 Å². The molecule has 2 nitrogen and oxygen atoms in total. The quantitative estimate of drug-likeness (QED) is 0.609. The number of hydrogen-bond donors (Lipinski definition) is 1. The Labute approximate surface area is 103 Å². The number of anilines is 1. The monoisotopic (exact) mass is 238 g/mol. The highest BCUT2D eigenvalue weighted by Gasteiger charge is 2.04. The smallest absolute Gasteiger partial charge is 0.0638 e. The summed E-state index contributed by atoms with van der Waals surface area (Å²) in [6, 6.07) is 5.81. The SMILES string of the molecule is C=CCN(CCC)Cc1ccc(N)c(Cl)c1. The van der Waals surface area contributed by atoms with E-state index in [-0.39, 0.29) is 0 Å². The van der Waals surface area contributed by atoms with Crippen molar-refractivity contribution in [1.29, 1.82) is 0 Å². The van der Waals surface area contributed by atoms with Gasteiger partial charge in [-0.2, -0.15) is 0 Å². The zero-order valence-electron chi connectivity index (χ0n) is 9.75. The molecule has 1 aromatic carbocycles. The molecule has 16 heavy (non-hydrogen) atoms. The van der Waals surface area contributed by atoms with Gasteiger partial charge in [-0.25, -0.2) is 0 Å². The van der Waals surface area contributed by atoms with Crippen LogP contribution in [-0.2, 0) is 6.54 Å². The Morgan fingerprint density at radius 1 is 1.50 bits per heavy atom. The Kier molecular flexibility index (Phi) is 5.36. The predicted molar refractivity (Wildman–Crippen MR) is 71.6 cm³/mol. The molecule has 0 spiro atoms. The lowest BCUT2D eigenvalue weighted by molar-refractivity contribution is 0.295. The third-order valence-electron chi connectivity index (χ3n) is 2.40. The second-order valence-corrected chi connectivity index (χ2v) is 4.29. The van der Waals surface area contributed by atoms with E-state index in [1.165, 1.54) is 5.56 Å². The molecule has 0 saturated carbocycles. The molecule has 0 atom stereocenters. The molecular formula is C13H19ClN2. The Bertz CT molecular complexity index is 350. The molecule has 0 aromatic heterocycles. The van der Waals surface area contributed by atoms with Crippen molar-refractivity contribution in [3.63, 3.8) is 0 Å². The molecule has 0 amide bonds. The zero-order chi connectivity index (χ0) is 12.0. The molecule has 0 bridgehead atoms. The Morgan fingerprint density at radius 3 is 2.81 bits per heavy atom. The minimum Gasteiger partial charge on any atom is -0.398 e. The van der Waals surface area contributed by atoms with E-state index in [0.717, 1.165) is 26.1 Å². The largest absolute Gasteiger partial charge is 0.398 e. The van der Waals surface area contributed by atoms with Crippen LogP contribution in [0.2, 0.25) is 5.02 Å². The van der Waals surface area contributed by atoms with E-state index in [1.54, 1.807) is 0 Å². The fourth-order valence-electron chi connectivity index (χ4n) is 1.66. The third-order valence-corrected chi connectivity index (χ3v) is 2.73. The van der Waals surface area contributed by atoms with Gasteiger partial charge in [-0.05, 0) is 30.7 Å². The van der Waals surface area contributed by atoms with Crippen LogP contribution in [0, 0.1) is 0 Å². The number of rotatable bonds is 6. The number of nitrogen functional groups attached to an aromatic ring is 1. The average molecular weight is 239 g/mol. The van der Waals surface area contributed by atoms with E-state index in [4.69, 9.17) is 17.3 Å². The molecule has 1 rings (SSSR count). The molecular weight excluding hydrogens is 220 g/mol. The van der Waals surface area contributed by atoms with Crippen LogP contribution in [0.25, 0.3) is 0 Å². The summed E-state index contributed by atoms with van der Waals surface area (Å²) >= 11 is 5.99. The molecule has 2 N–H and O–H groups in total. The standard InChI is InChI=1S/C13H19ClN2/c1-3-7-16(8-4-2)10-11-5-6-13(15)12(14)9-11/h3,5-6,9H,1,4,7-8,10,15H2,2H3. The summed E-state index contributed by atoms with van der Waals surface area (Å²) < 4.78 is 0. The van der Waals surface area contributed by atoms with E-state index >= 15 is 0 Å². The van der Waals surface area contributed by atoms with Gasteiger partial charge in [0.15, 0.2) is 0 Å². The Morgan fingerprint density at radius 2 is 2.25 bits per heavy atom. The van der Waals surface area contributed by atoms with Crippen molar-refractivity contribution in [3.8, 4) is 0 Å². The van der Waals surface area contributed by atoms with Gasteiger partial charge in [-0.1, -0.05) is 30.7 Å². The molecule has 0 saturated heterocycles. The van der Waals surface area contributed by atoms with E-state index in [0.29, 0.717) is 10.7 Å². The van der Waals surface area contributed by atoms with Crippen molar-refractivity contribution in [3.05, 3.63) is 41.4 Å². The summed E-state index contributed by atoms with van der Waals surface area (Å²) in [5, 5.41) is 0.632. The molecule has 0 aliphatic rings. The number of nitrogens with zero attached hydrogens (tertiary/aromatic N) is 1. The normalized spacial score (nSPS) is 10.7. The van der Waals surface area contributed by atoms with E-state index < -0.39 is 0 Å². The summed E-state index contributed by atoms with van der Waals surface area (Å²) in [7, 11) is 0. The first-order valence-corrected chi connectivity index (χ1v) is 5.92. The highest BCUT2D eigenvalue weighted by atomic mass is 35.5. The first-order chi connectivity index (χ1) is 7.67. The van der Waals surface area contributed by atoms with Crippen LogP contribution in [0.5, 0.6) is 0 Å². The van der Waals surface area contributed by atoms with Crippen molar-refractivity contribution in [1.82, 2.24) is 4.90 Å². The van der Waals surface area contributed by atoms with Crippen LogP contribution in [0.15, 0.2) is 30.9 Å². The lowest BCUT2D eigenvalue weighted by Gasteiger charge is -2.20. The van der Waals surface area contributed by atoms with Crippen molar-refractivity contribution >= 4 is 17.3 Å². The average Bonchev–Trinajstić information content (AvgIpc) is 2.24. The maximum Gasteiger partial charge on any atom is 0.0638 e. The van der Waals surface area contributed by atoms with Gasteiger partial charge in [0.1, 0.15) is 0 Å². The molecule has 88 valence electrons. The lowest BCUT2D eigenvalue weighted by atomic mass is 10.2. The Balaban J connectivity index is 2.68. The van der Waals surface area contributed by atoms with Gasteiger partial charge in [0.05, 0.1) is 10.7 Å². The van der Waals surface area contributed by atoms with Crippen LogP contribution in [-0.4, -0.2) is 18.0 Å². The van der Waals surface area contributed by atoms with E-state index in [2.05, 4.69) is 18.4 Å². The fraction of sp³-hybridized carbons (Fsp3) is 0.385. The lowest BCUT2D eigenvalue weighted by Crippen LogP contribution is -2.24. The first kappa shape index (κ1) is 13.1. The Hall–Kier alpha value is -0.990. The maximum absolute atomic E-state index is 5.99.